The fraction of sp³-hybridized carbons (Fsp3) is 0.429. The molecule has 22 heavy (non-hydrogen) atoms. The number of nitrogens with zero attached hydrogens (tertiary/aromatic N) is 3. The van der Waals surface area contributed by atoms with E-state index in [2.05, 4.69) is 26.1 Å². The zero-order valence-corrected chi connectivity index (χ0v) is 14.5. The Morgan fingerprint density at radius 3 is 2.73 bits per heavy atom. The van der Waals surface area contributed by atoms with Crippen LogP contribution in [0.2, 0.25) is 0 Å². The van der Waals surface area contributed by atoms with Crippen LogP contribution >= 0.6 is 15.9 Å². The van der Waals surface area contributed by atoms with Gasteiger partial charge in [-0.1, -0.05) is 21.1 Å². The highest BCUT2D eigenvalue weighted by Crippen LogP contribution is 2.28. The van der Waals surface area contributed by atoms with Crippen molar-refractivity contribution in [3.63, 3.8) is 0 Å². The average Bonchev–Trinajstić information content (AvgIpc) is 2.97. The van der Waals surface area contributed by atoms with Crippen LogP contribution in [0.15, 0.2) is 33.3 Å². The molecule has 0 radical (unpaired) electrons. The van der Waals surface area contributed by atoms with Crippen LogP contribution in [-0.4, -0.2) is 42.2 Å². The van der Waals surface area contributed by atoms with E-state index in [0.29, 0.717) is 24.8 Å². The second-order valence-electron chi connectivity index (χ2n) is 5.42. The molecule has 0 N–H and O–H groups in total. The van der Waals surface area contributed by atoms with Gasteiger partial charge in [-0.3, -0.25) is 0 Å². The molecule has 0 spiro atoms. The molecule has 1 aliphatic rings. The fourth-order valence-corrected chi connectivity index (χ4v) is 3.74. The smallest absolute Gasteiger partial charge is 0.231 e. The quantitative estimate of drug-likeness (QED) is 0.811. The summed E-state index contributed by atoms with van der Waals surface area (Å²) in [5, 5.41) is 4.01. The lowest BCUT2D eigenvalue weighted by molar-refractivity contribution is 0.266. The number of rotatable bonds is 3. The molecule has 2 heterocycles. The predicted octanol–water partition coefficient (Wildman–Crippen LogP) is 2.64. The van der Waals surface area contributed by atoms with E-state index in [4.69, 9.17) is 4.52 Å². The zero-order chi connectivity index (χ0) is 15.7. The Bertz CT molecular complexity index is 758. The first-order valence-electron chi connectivity index (χ1n) is 6.98. The maximum atomic E-state index is 11.7. The number of hydrogen-bond donors (Lipinski definition) is 0. The minimum Gasteiger partial charge on any atom is -0.339 e. The maximum Gasteiger partial charge on any atom is 0.231 e. The summed E-state index contributed by atoms with van der Waals surface area (Å²) >= 11 is 3.38. The first-order chi connectivity index (χ1) is 10.4. The SMILES string of the molecule is CS(=O)(=O)N1CCC[C@H](c2nc(-c3ccc(Br)cc3)no2)C1. The molecule has 1 atom stereocenters. The lowest BCUT2D eigenvalue weighted by Gasteiger charge is -2.28. The van der Waals surface area contributed by atoms with E-state index >= 15 is 0 Å². The maximum absolute atomic E-state index is 11.7. The third-order valence-corrected chi connectivity index (χ3v) is 5.54. The number of hydrogen-bond acceptors (Lipinski definition) is 5. The van der Waals surface area contributed by atoms with E-state index in [0.717, 1.165) is 22.9 Å². The van der Waals surface area contributed by atoms with Gasteiger partial charge in [0.05, 0.1) is 12.2 Å². The van der Waals surface area contributed by atoms with Gasteiger partial charge in [0.15, 0.2) is 0 Å². The molecule has 3 rings (SSSR count). The van der Waals surface area contributed by atoms with E-state index in [9.17, 15) is 8.42 Å². The Hall–Kier alpha value is -1.25. The Kier molecular flexibility index (Phi) is 4.33. The van der Waals surface area contributed by atoms with Crippen LogP contribution in [-0.2, 0) is 10.0 Å². The molecule has 0 aliphatic carbocycles. The topological polar surface area (TPSA) is 76.3 Å². The van der Waals surface area contributed by atoms with Gasteiger partial charge in [0.2, 0.25) is 21.7 Å². The molecule has 1 aromatic heterocycles. The Morgan fingerprint density at radius 1 is 1.32 bits per heavy atom. The fourth-order valence-electron chi connectivity index (χ4n) is 2.56. The molecule has 8 heteroatoms. The van der Waals surface area contributed by atoms with Gasteiger partial charge in [-0.05, 0) is 37.1 Å². The Labute approximate surface area is 137 Å². The Balaban J connectivity index is 1.80. The minimum absolute atomic E-state index is 0.0415. The van der Waals surface area contributed by atoms with Crippen molar-refractivity contribution in [2.75, 3.05) is 19.3 Å². The standard InChI is InChI=1S/C14H16BrN3O3S/c1-22(19,20)18-8-2-3-11(9-18)14-16-13(17-21-14)10-4-6-12(15)7-5-10/h4-7,11H,2-3,8-9H2,1H3/t11-/m0/s1. The van der Waals surface area contributed by atoms with Crippen LogP contribution in [0.5, 0.6) is 0 Å². The zero-order valence-electron chi connectivity index (χ0n) is 12.1. The van der Waals surface area contributed by atoms with Crippen LogP contribution in [0.1, 0.15) is 24.7 Å². The number of benzene rings is 1. The second-order valence-corrected chi connectivity index (χ2v) is 8.32. The number of sulfonamides is 1. The highest BCUT2D eigenvalue weighted by molar-refractivity contribution is 9.10. The lowest BCUT2D eigenvalue weighted by Crippen LogP contribution is -2.38. The van der Waals surface area contributed by atoms with E-state index in [-0.39, 0.29) is 5.92 Å². The van der Waals surface area contributed by atoms with Crippen LogP contribution in [0.25, 0.3) is 11.4 Å². The molecule has 0 saturated carbocycles. The van der Waals surface area contributed by atoms with Crippen LogP contribution in [0.3, 0.4) is 0 Å². The molecule has 1 aromatic carbocycles. The lowest BCUT2D eigenvalue weighted by atomic mass is 10.00. The molecule has 0 bridgehead atoms. The predicted molar refractivity (Wildman–Crippen MR) is 85.8 cm³/mol. The van der Waals surface area contributed by atoms with Crippen molar-refractivity contribution in [1.82, 2.24) is 14.4 Å². The van der Waals surface area contributed by atoms with E-state index in [1.54, 1.807) is 0 Å². The summed E-state index contributed by atoms with van der Waals surface area (Å²) in [6, 6.07) is 7.64. The number of halogens is 1. The van der Waals surface area contributed by atoms with Crippen LogP contribution < -0.4 is 0 Å². The molecule has 1 aliphatic heterocycles. The van der Waals surface area contributed by atoms with Crippen molar-refractivity contribution in [3.8, 4) is 11.4 Å². The summed E-state index contributed by atoms with van der Waals surface area (Å²) in [7, 11) is -3.18. The third kappa shape index (κ3) is 3.39. The molecule has 6 nitrogen and oxygen atoms in total. The molecule has 0 unspecified atom stereocenters. The highest BCUT2D eigenvalue weighted by Gasteiger charge is 2.30. The summed E-state index contributed by atoms with van der Waals surface area (Å²) in [4.78, 5) is 4.44. The molecule has 118 valence electrons. The van der Waals surface area contributed by atoms with Crippen molar-refractivity contribution in [2.24, 2.45) is 0 Å². The summed E-state index contributed by atoms with van der Waals surface area (Å²) < 4.78 is 31.2. The molecule has 1 fully saturated rings. The van der Waals surface area contributed by atoms with E-state index in [1.807, 2.05) is 24.3 Å². The highest BCUT2D eigenvalue weighted by atomic mass is 79.9. The van der Waals surface area contributed by atoms with Gasteiger partial charge in [-0.15, -0.1) is 0 Å². The summed E-state index contributed by atoms with van der Waals surface area (Å²) in [6.45, 7) is 0.962. The molecular formula is C14H16BrN3O3S. The molecular weight excluding hydrogens is 370 g/mol. The van der Waals surface area contributed by atoms with Crippen LogP contribution in [0.4, 0.5) is 0 Å². The largest absolute Gasteiger partial charge is 0.339 e. The number of piperidine rings is 1. The van der Waals surface area contributed by atoms with Crippen molar-refractivity contribution < 1.29 is 12.9 Å². The summed E-state index contributed by atoms with van der Waals surface area (Å²) in [5.41, 5.74) is 0.869. The average molecular weight is 386 g/mol. The number of aromatic nitrogens is 2. The van der Waals surface area contributed by atoms with Gasteiger partial charge < -0.3 is 4.52 Å². The second kappa shape index (κ2) is 6.10. The van der Waals surface area contributed by atoms with Crippen molar-refractivity contribution in [3.05, 3.63) is 34.6 Å². The third-order valence-electron chi connectivity index (χ3n) is 3.75. The molecule has 0 amide bonds. The van der Waals surface area contributed by atoms with Gasteiger partial charge in [0, 0.05) is 23.1 Å². The molecule has 1 saturated heterocycles. The van der Waals surface area contributed by atoms with Crippen molar-refractivity contribution in [2.45, 2.75) is 18.8 Å². The van der Waals surface area contributed by atoms with Gasteiger partial charge in [0.1, 0.15) is 0 Å². The monoisotopic (exact) mass is 385 g/mol. The van der Waals surface area contributed by atoms with Gasteiger partial charge in [-0.2, -0.15) is 4.98 Å². The van der Waals surface area contributed by atoms with E-state index < -0.39 is 10.0 Å². The first-order valence-corrected chi connectivity index (χ1v) is 9.62. The van der Waals surface area contributed by atoms with Crippen molar-refractivity contribution >= 4 is 26.0 Å². The minimum atomic E-state index is -3.18. The molecule has 2 aromatic rings. The van der Waals surface area contributed by atoms with Crippen LogP contribution in [0, 0.1) is 0 Å². The normalized spacial score (nSPS) is 20.2. The summed E-state index contributed by atoms with van der Waals surface area (Å²) in [5.74, 6) is 0.991. The van der Waals surface area contributed by atoms with Gasteiger partial charge >= 0.3 is 0 Å². The van der Waals surface area contributed by atoms with Crippen molar-refractivity contribution in [1.29, 1.82) is 0 Å². The van der Waals surface area contributed by atoms with Gasteiger partial charge in [-0.25, -0.2) is 12.7 Å². The Morgan fingerprint density at radius 2 is 2.05 bits per heavy atom. The van der Waals surface area contributed by atoms with E-state index in [1.165, 1.54) is 10.6 Å². The van der Waals surface area contributed by atoms with Gasteiger partial charge in [0.25, 0.3) is 0 Å². The summed E-state index contributed by atoms with van der Waals surface area (Å²) in [6.07, 6.45) is 2.89. The first kappa shape index (κ1) is 15.6.